The molecule has 0 saturated heterocycles. The number of rotatable bonds is 3. The van der Waals surface area contributed by atoms with Crippen molar-refractivity contribution in [3.8, 4) is 22.3 Å². The zero-order valence-corrected chi connectivity index (χ0v) is 22.5. The third kappa shape index (κ3) is 2.94. The van der Waals surface area contributed by atoms with Crippen LogP contribution < -0.4 is 0 Å². The molecule has 6 aromatic carbocycles. The molecule has 0 N–H and O–H groups in total. The third-order valence-corrected chi connectivity index (χ3v) is 8.65. The molecule has 0 bridgehead atoms. The van der Waals surface area contributed by atoms with E-state index in [1.165, 1.54) is 38.9 Å². The Morgan fingerprint density at radius 3 is 1.93 bits per heavy atom. The average Bonchev–Trinajstić information content (AvgIpc) is 3.53. The van der Waals surface area contributed by atoms with Gasteiger partial charge >= 0.3 is 0 Å². The molecule has 1 heteroatoms. The van der Waals surface area contributed by atoms with Crippen LogP contribution in [0, 0.1) is 26.0 Å². The molecular weight excluding hydrogens is 484 g/mol. The highest BCUT2D eigenvalue weighted by Crippen LogP contribution is 2.60. The van der Waals surface area contributed by atoms with Crippen molar-refractivity contribution in [3.05, 3.63) is 167 Å². The SMILES string of the molecule is Cc1c#cc2c(c1-c1ccccc1C)-c1c(ccc3c1oc1ccccc13)C2(c1ccccc1)c1ccccc1. The van der Waals surface area contributed by atoms with Crippen LogP contribution in [0.3, 0.4) is 0 Å². The van der Waals surface area contributed by atoms with E-state index in [0.717, 1.165) is 38.6 Å². The fourth-order valence-electron chi connectivity index (χ4n) is 6.94. The highest BCUT2D eigenvalue weighted by atomic mass is 16.3. The Labute approximate surface area is 234 Å². The van der Waals surface area contributed by atoms with Gasteiger partial charge in [0.25, 0.3) is 0 Å². The maximum atomic E-state index is 6.75. The van der Waals surface area contributed by atoms with Crippen LogP contribution in [0.1, 0.15) is 33.4 Å². The van der Waals surface area contributed by atoms with Crippen LogP contribution >= 0.6 is 0 Å². The average molecular weight is 511 g/mol. The summed E-state index contributed by atoms with van der Waals surface area (Å²) in [7, 11) is 0. The summed E-state index contributed by atoms with van der Waals surface area (Å²) in [5, 5.41) is 2.28. The normalized spacial score (nSPS) is 13.2. The van der Waals surface area contributed by atoms with Gasteiger partial charge in [0, 0.05) is 38.6 Å². The second-order valence-electron chi connectivity index (χ2n) is 10.8. The quantitative estimate of drug-likeness (QED) is 0.230. The van der Waals surface area contributed by atoms with Crippen LogP contribution in [0.5, 0.6) is 0 Å². The molecule has 1 aliphatic carbocycles. The number of aryl methyl sites for hydroxylation is 1. The molecular formula is C39H26O. The molecule has 7 aromatic rings. The molecule has 0 amide bonds. The summed E-state index contributed by atoms with van der Waals surface area (Å²) in [6.45, 7) is 4.35. The van der Waals surface area contributed by atoms with Crippen molar-refractivity contribution in [1.29, 1.82) is 0 Å². The fraction of sp³-hybridized carbons (Fsp3) is 0.0769. The summed E-state index contributed by atoms with van der Waals surface area (Å²) in [5.74, 6) is 0. The van der Waals surface area contributed by atoms with Crippen molar-refractivity contribution in [3.63, 3.8) is 0 Å². The Hall–Kier alpha value is -5.06. The van der Waals surface area contributed by atoms with Gasteiger partial charge in [0.1, 0.15) is 11.2 Å². The second-order valence-corrected chi connectivity index (χ2v) is 10.8. The number of fused-ring (bicyclic) bond motifs is 7. The summed E-state index contributed by atoms with van der Waals surface area (Å²) in [6.07, 6.45) is 0. The van der Waals surface area contributed by atoms with Crippen LogP contribution in [0.25, 0.3) is 44.2 Å². The minimum atomic E-state index is -0.567. The number of hydrogen-bond acceptors (Lipinski definition) is 1. The first-order valence-electron chi connectivity index (χ1n) is 13.8. The Morgan fingerprint density at radius 1 is 0.550 bits per heavy atom. The van der Waals surface area contributed by atoms with Gasteiger partial charge in [-0.05, 0) is 47.7 Å². The zero-order chi connectivity index (χ0) is 26.8. The number of hydrogen-bond donors (Lipinski definition) is 0. The van der Waals surface area contributed by atoms with Crippen LogP contribution in [0.15, 0.2) is 126 Å². The van der Waals surface area contributed by atoms with E-state index >= 15 is 0 Å². The highest BCUT2D eigenvalue weighted by Gasteiger charge is 2.49. The van der Waals surface area contributed by atoms with E-state index < -0.39 is 5.41 Å². The molecule has 0 aliphatic heterocycles. The predicted octanol–water partition coefficient (Wildman–Crippen LogP) is 9.83. The number of para-hydroxylation sites is 1. The summed E-state index contributed by atoms with van der Waals surface area (Å²) in [5.41, 5.74) is 13.1. The van der Waals surface area contributed by atoms with E-state index in [-0.39, 0.29) is 0 Å². The van der Waals surface area contributed by atoms with Crippen molar-refractivity contribution in [1.82, 2.24) is 0 Å². The Balaban J connectivity index is 1.64. The maximum absolute atomic E-state index is 6.75. The minimum Gasteiger partial charge on any atom is -0.455 e. The van der Waals surface area contributed by atoms with Crippen molar-refractivity contribution in [2.75, 3.05) is 0 Å². The lowest BCUT2D eigenvalue weighted by atomic mass is 9.68. The van der Waals surface area contributed by atoms with Gasteiger partial charge in [-0.3, -0.25) is 0 Å². The van der Waals surface area contributed by atoms with Gasteiger partial charge in [-0.25, -0.2) is 0 Å². The van der Waals surface area contributed by atoms with E-state index in [9.17, 15) is 0 Å². The van der Waals surface area contributed by atoms with Gasteiger partial charge in [0.2, 0.25) is 0 Å². The summed E-state index contributed by atoms with van der Waals surface area (Å²) in [4.78, 5) is 0. The lowest BCUT2D eigenvalue weighted by Gasteiger charge is -2.32. The van der Waals surface area contributed by atoms with Gasteiger partial charge in [-0.15, -0.1) is 0 Å². The van der Waals surface area contributed by atoms with E-state index in [0.29, 0.717) is 0 Å². The topological polar surface area (TPSA) is 13.1 Å². The van der Waals surface area contributed by atoms with Crippen molar-refractivity contribution >= 4 is 21.9 Å². The van der Waals surface area contributed by atoms with Crippen molar-refractivity contribution in [2.45, 2.75) is 19.3 Å². The fourth-order valence-corrected chi connectivity index (χ4v) is 6.94. The summed E-state index contributed by atoms with van der Waals surface area (Å²) >= 11 is 0. The molecule has 0 radical (unpaired) electrons. The van der Waals surface area contributed by atoms with Gasteiger partial charge in [-0.1, -0.05) is 127 Å². The molecule has 188 valence electrons. The molecule has 0 saturated carbocycles. The first kappa shape index (κ1) is 22.9. The number of furan rings is 1. The maximum Gasteiger partial charge on any atom is 0.143 e. The smallest absolute Gasteiger partial charge is 0.143 e. The minimum absolute atomic E-state index is 0.567. The molecule has 1 aromatic heterocycles. The van der Waals surface area contributed by atoms with Crippen LogP contribution in [0.4, 0.5) is 0 Å². The van der Waals surface area contributed by atoms with Crippen molar-refractivity contribution in [2.24, 2.45) is 0 Å². The first-order valence-corrected chi connectivity index (χ1v) is 13.8. The van der Waals surface area contributed by atoms with Gasteiger partial charge in [-0.2, -0.15) is 0 Å². The van der Waals surface area contributed by atoms with E-state index in [1.54, 1.807) is 0 Å². The van der Waals surface area contributed by atoms with Gasteiger partial charge in [0.05, 0.1) is 5.41 Å². The van der Waals surface area contributed by atoms with E-state index in [2.05, 4.69) is 141 Å². The Morgan fingerprint density at radius 2 is 1.20 bits per heavy atom. The summed E-state index contributed by atoms with van der Waals surface area (Å²) in [6, 6.07) is 50.6. The highest BCUT2D eigenvalue weighted by molar-refractivity contribution is 6.14. The van der Waals surface area contributed by atoms with Crippen LogP contribution in [0.2, 0.25) is 0 Å². The molecule has 0 atom stereocenters. The first-order chi connectivity index (χ1) is 19.7. The standard InChI is InChI=1S/C39H26O/c1-25-13-9-10-18-29(25)35-26(2)21-23-32-36(35)37-33(24-22-31-30-19-11-12-20-34(30)40-38(31)37)39(32,27-14-5-3-6-15-27)28-16-7-4-8-17-28/h3-20,22,24H,1-2H3. The monoisotopic (exact) mass is 510 g/mol. The molecule has 1 heterocycles. The summed E-state index contributed by atoms with van der Waals surface area (Å²) < 4.78 is 6.75. The van der Waals surface area contributed by atoms with Gasteiger partial charge < -0.3 is 4.42 Å². The molecule has 0 unspecified atom stereocenters. The second kappa shape index (κ2) is 8.47. The predicted molar refractivity (Wildman–Crippen MR) is 164 cm³/mol. The zero-order valence-electron chi connectivity index (χ0n) is 22.5. The molecule has 0 spiro atoms. The lowest BCUT2D eigenvalue weighted by Crippen LogP contribution is -2.28. The van der Waals surface area contributed by atoms with Crippen LogP contribution in [-0.2, 0) is 5.41 Å². The lowest BCUT2D eigenvalue weighted by molar-refractivity contribution is 0.669. The van der Waals surface area contributed by atoms with Gasteiger partial charge in [0.15, 0.2) is 0 Å². The molecule has 1 nitrogen and oxygen atoms in total. The Bertz CT molecular complexity index is 2020. The molecule has 0 fully saturated rings. The van der Waals surface area contributed by atoms with E-state index in [1.807, 2.05) is 6.07 Å². The third-order valence-electron chi connectivity index (χ3n) is 8.65. The molecule has 1 aliphatic rings. The van der Waals surface area contributed by atoms with E-state index in [4.69, 9.17) is 4.42 Å². The Kier molecular flexibility index (Phi) is 4.84. The van der Waals surface area contributed by atoms with Crippen LogP contribution in [-0.4, -0.2) is 0 Å². The molecule has 8 rings (SSSR count). The largest absolute Gasteiger partial charge is 0.455 e. The van der Waals surface area contributed by atoms with Crippen molar-refractivity contribution < 1.29 is 4.42 Å². The molecule has 40 heavy (non-hydrogen) atoms. The number of benzene rings is 5.